The number of ether oxygens (including phenoxy) is 1. The summed E-state index contributed by atoms with van der Waals surface area (Å²) in [6, 6.07) is 14.6. The van der Waals surface area contributed by atoms with Crippen LogP contribution in [0.5, 0.6) is 5.75 Å². The van der Waals surface area contributed by atoms with Gasteiger partial charge >= 0.3 is 0 Å². The molecule has 1 unspecified atom stereocenters. The lowest BCUT2D eigenvalue weighted by Gasteiger charge is -2.21. The minimum atomic E-state index is 0.103. The number of halogens is 1. The Morgan fingerprint density at radius 1 is 1.11 bits per heavy atom. The van der Waals surface area contributed by atoms with E-state index in [2.05, 4.69) is 52.4 Å². The highest BCUT2D eigenvalue weighted by atomic mass is 79.9. The second-order valence-corrected chi connectivity index (χ2v) is 5.34. The first-order chi connectivity index (χ1) is 9.17. The number of hydrogen-bond donors (Lipinski definition) is 1. The Labute approximate surface area is 122 Å². The van der Waals surface area contributed by atoms with Crippen LogP contribution in [0.3, 0.4) is 0 Å². The van der Waals surface area contributed by atoms with Gasteiger partial charge in [0.05, 0.1) is 13.2 Å². The first-order valence-corrected chi connectivity index (χ1v) is 7.03. The number of para-hydroxylation sites is 1. The number of methoxy groups -OCH3 is 1. The summed E-state index contributed by atoms with van der Waals surface area (Å²) < 4.78 is 6.57. The molecule has 0 aliphatic rings. The van der Waals surface area contributed by atoms with Crippen LogP contribution in [0.1, 0.15) is 22.7 Å². The van der Waals surface area contributed by atoms with Crippen molar-refractivity contribution in [3.63, 3.8) is 0 Å². The molecular formula is C16H18BrNO. The molecule has 0 amide bonds. The number of aryl methyl sites for hydroxylation is 1. The lowest BCUT2D eigenvalue weighted by atomic mass is 9.97. The zero-order valence-electron chi connectivity index (χ0n) is 11.4. The fraction of sp³-hybridized carbons (Fsp3) is 0.250. The Bertz CT molecular complexity index is 568. The molecular weight excluding hydrogens is 302 g/mol. The SMILES string of the molecule is CNC(c1ccc(C)cc1Br)c1ccccc1OC. The summed E-state index contributed by atoms with van der Waals surface area (Å²) in [5, 5.41) is 3.36. The van der Waals surface area contributed by atoms with Gasteiger partial charge in [0.15, 0.2) is 0 Å². The lowest BCUT2D eigenvalue weighted by Crippen LogP contribution is -2.19. The van der Waals surface area contributed by atoms with Crippen molar-refractivity contribution in [2.45, 2.75) is 13.0 Å². The minimum Gasteiger partial charge on any atom is -0.496 e. The molecule has 0 fully saturated rings. The molecule has 0 aliphatic heterocycles. The van der Waals surface area contributed by atoms with Crippen molar-refractivity contribution in [2.75, 3.05) is 14.2 Å². The summed E-state index contributed by atoms with van der Waals surface area (Å²) in [5.41, 5.74) is 3.58. The number of benzene rings is 2. The van der Waals surface area contributed by atoms with E-state index < -0.39 is 0 Å². The molecule has 2 rings (SSSR count). The lowest BCUT2D eigenvalue weighted by molar-refractivity contribution is 0.405. The van der Waals surface area contributed by atoms with Gasteiger partial charge in [-0.2, -0.15) is 0 Å². The summed E-state index contributed by atoms with van der Waals surface area (Å²) >= 11 is 3.65. The predicted octanol–water partition coefficient (Wildman–Crippen LogP) is 4.07. The minimum absolute atomic E-state index is 0.103. The standard InChI is InChI=1S/C16H18BrNO/c1-11-8-9-12(14(17)10-11)16(18-2)13-6-4-5-7-15(13)19-3/h4-10,16,18H,1-3H3. The van der Waals surface area contributed by atoms with Crippen LogP contribution in [0, 0.1) is 6.92 Å². The first-order valence-electron chi connectivity index (χ1n) is 6.23. The van der Waals surface area contributed by atoms with E-state index in [1.165, 1.54) is 11.1 Å². The molecule has 1 atom stereocenters. The van der Waals surface area contributed by atoms with Crippen LogP contribution in [0.4, 0.5) is 0 Å². The molecule has 0 radical (unpaired) electrons. The molecule has 3 heteroatoms. The van der Waals surface area contributed by atoms with Gasteiger partial charge < -0.3 is 10.1 Å². The summed E-state index contributed by atoms with van der Waals surface area (Å²) in [5.74, 6) is 0.898. The molecule has 1 N–H and O–H groups in total. The molecule has 0 aliphatic carbocycles. The van der Waals surface area contributed by atoms with Crippen LogP contribution in [-0.2, 0) is 0 Å². The highest BCUT2D eigenvalue weighted by Gasteiger charge is 2.18. The molecule has 0 saturated heterocycles. The van der Waals surface area contributed by atoms with Crippen LogP contribution in [0.15, 0.2) is 46.9 Å². The van der Waals surface area contributed by atoms with Gasteiger partial charge in [0, 0.05) is 10.0 Å². The Hall–Kier alpha value is -1.32. The van der Waals surface area contributed by atoms with E-state index in [1.807, 2.05) is 25.2 Å². The average molecular weight is 320 g/mol. The number of nitrogens with one attached hydrogen (secondary N) is 1. The van der Waals surface area contributed by atoms with Gasteiger partial charge in [-0.25, -0.2) is 0 Å². The average Bonchev–Trinajstić information content (AvgIpc) is 2.42. The maximum Gasteiger partial charge on any atom is 0.123 e. The Morgan fingerprint density at radius 3 is 2.47 bits per heavy atom. The largest absolute Gasteiger partial charge is 0.496 e. The maximum atomic E-state index is 5.46. The zero-order chi connectivity index (χ0) is 13.8. The molecule has 2 aromatic carbocycles. The second-order valence-electron chi connectivity index (χ2n) is 4.49. The maximum absolute atomic E-state index is 5.46. The molecule has 100 valence electrons. The quantitative estimate of drug-likeness (QED) is 0.917. The smallest absolute Gasteiger partial charge is 0.123 e. The normalized spacial score (nSPS) is 12.2. The van der Waals surface area contributed by atoms with Crippen LogP contribution in [0.2, 0.25) is 0 Å². The summed E-state index contributed by atoms with van der Waals surface area (Å²) in [6.07, 6.45) is 0. The van der Waals surface area contributed by atoms with Gasteiger partial charge in [0.2, 0.25) is 0 Å². The fourth-order valence-electron chi connectivity index (χ4n) is 2.25. The van der Waals surface area contributed by atoms with E-state index in [0.29, 0.717) is 0 Å². The van der Waals surface area contributed by atoms with Gasteiger partial charge in [-0.15, -0.1) is 0 Å². The van der Waals surface area contributed by atoms with Gasteiger partial charge in [0.1, 0.15) is 5.75 Å². The van der Waals surface area contributed by atoms with Crippen molar-refractivity contribution in [2.24, 2.45) is 0 Å². The van der Waals surface area contributed by atoms with Crippen LogP contribution >= 0.6 is 15.9 Å². The van der Waals surface area contributed by atoms with Gasteiger partial charge in [-0.1, -0.05) is 46.3 Å². The Morgan fingerprint density at radius 2 is 1.84 bits per heavy atom. The predicted molar refractivity (Wildman–Crippen MR) is 82.8 cm³/mol. The highest BCUT2D eigenvalue weighted by Crippen LogP contribution is 2.33. The molecule has 0 saturated carbocycles. The van der Waals surface area contributed by atoms with E-state index in [9.17, 15) is 0 Å². The van der Waals surface area contributed by atoms with Crippen molar-refractivity contribution >= 4 is 15.9 Å². The molecule has 2 aromatic rings. The van der Waals surface area contributed by atoms with Gasteiger partial charge in [0.25, 0.3) is 0 Å². The molecule has 0 aromatic heterocycles. The van der Waals surface area contributed by atoms with Gasteiger partial charge in [-0.3, -0.25) is 0 Å². The third-order valence-electron chi connectivity index (χ3n) is 3.21. The van der Waals surface area contributed by atoms with Crippen molar-refractivity contribution in [3.8, 4) is 5.75 Å². The van der Waals surface area contributed by atoms with E-state index in [4.69, 9.17) is 4.74 Å². The summed E-state index contributed by atoms with van der Waals surface area (Å²) in [6.45, 7) is 2.09. The fourth-order valence-corrected chi connectivity index (χ4v) is 2.97. The van der Waals surface area contributed by atoms with Crippen LogP contribution in [0.25, 0.3) is 0 Å². The monoisotopic (exact) mass is 319 g/mol. The van der Waals surface area contributed by atoms with E-state index in [-0.39, 0.29) is 6.04 Å². The van der Waals surface area contributed by atoms with Crippen molar-refractivity contribution in [1.82, 2.24) is 5.32 Å². The van der Waals surface area contributed by atoms with Crippen molar-refractivity contribution in [1.29, 1.82) is 0 Å². The number of rotatable bonds is 4. The summed E-state index contributed by atoms with van der Waals surface area (Å²) in [7, 11) is 3.67. The molecule has 19 heavy (non-hydrogen) atoms. The highest BCUT2D eigenvalue weighted by molar-refractivity contribution is 9.10. The van der Waals surface area contributed by atoms with E-state index in [1.54, 1.807) is 7.11 Å². The van der Waals surface area contributed by atoms with Crippen LogP contribution < -0.4 is 10.1 Å². The first kappa shape index (κ1) is 14.1. The van der Waals surface area contributed by atoms with Crippen molar-refractivity contribution < 1.29 is 4.74 Å². The summed E-state index contributed by atoms with van der Waals surface area (Å²) in [4.78, 5) is 0. The van der Waals surface area contributed by atoms with Gasteiger partial charge in [-0.05, 0) is 37.2 Å². The number of hydrogen-bond acceptors (Lipinski definition) is 2. The third-order valence-corrected chi connectivity index (χ3v) is 3.89. The Balaban J connectivity index is 2.50. The molecule has 2 nitrogen and oxygen atoms in total. The topological polar surface area (TPSA) is 21.3 Å². The van der Waals surface area contributed by atoms with Crippen LogP contribution in [-0.4, -0.2) is 14.2 Å². The molecule has 0 spiro atoms. The second kappa shape index (κ2) is 6.22. The Kier molecular flexibility index (Phi) is 4.61. The van der Waals surface area contributed by atoms with Crippen molar-refractivity contribution in [3.05, 3.63) is 63.6 Å². The van der Waals surface area contributed by atoms with E-state index in [0.717, 1.165) is 15.8 Å². The third kappa shape index (κ3) is 2.99. The van der Waals surface area contributed by atoms with E-state index >= 15 is 0 Å². The molecule has 0 heterocycles. The molecule has 0 bridgehead atoms. The zero-order valence-corrected chi connectivity index (χ0v) is 13.0.